The summed E-state index contributed by atoms with van der Waals surface area (Å²) in [5.41, 5.74) is -0.566. The second-order valence-electron chi connectivity index (χ2n) is 7.06. The first-order chi connectivity index (χ1) is 12.0. The molecule has 0 bridgehead atoms. The van der Waals surface area contributed by atoms with Crippen LogP contribution in [0.15, 0.2) is 18.2 Å². The smallest absolute Gasteiger partial charge is 0.410 e. The maximum absolute atomic E-state index is 13.4. The molecule has 2 amide bonds. The highest BCUT2D eigenvalue weighted by Gasteiger charge is 2.34. The zero-order valence-corrected chi connectivity index (χ0v) is 14.7. The van der Waals surface area contributed by atoms with E-state index in [4.69, 9.17) is 4.74 Å². The molecular formula is C17H21F3N2O4. The Kier molecular flexibility index (Phi) is 5.99. The van der Waals surface area contributed by atoms with E-state index in [1.54, 1.807) is 20.8 Å². The lowest BCUT2D eigenvalue weighted by molar-refractivity contribution is -0.118. The zero-order chi connectivity index (χ0) is 19.5. The molecule has 0 spiro atoms. The van der Waals surface area contributed by atoms with Gasteiger partial charge in [0.25, 0.3) is 0 Å². The fraction of sp³-hybridized carbons (Fsp3) is 0.529. The summed E-state index contributed by atoms with van der Waals surface area (Å²) >= 11 is 0. The predicted octanol–water partition coefficient (Wildman–Crippen LogP) is 3.62. The summed E-state index contributed by atoms with van der Waals surface area (Å²) in [4.78, 5) is 25.3. The van der Waals surface area contributed by atoms with Gasteiger partial charge in [0.05, 0.1) is 0 Å². The van der Waals surface area contributed by atoms with Crippen LogP contribution in [0.5, 0.6) is 5.75 Å². The van der Waals surface area contributed by atoms with E-state index in [0.29, 0.717) is 13.1 Å². The molecule has 26 heavy (non-hydrogen) atoms. The van der Waals surface area contributed by atoms with Crippen LogP contribution >= 0.6 is 0 Å². The maximum atomic E-state index is 13.4. The Morgan fingerprint density at radius 1 is 1.27 bits per heavy atom. The Labute approximate surface area is 149 Å². The molecule has 1 fully saturated rings. The molecule has 0 atom stereocenters. The maximum Gasteiger partial charge on any atom is 0.410 e. The summed E-state index contributed by atoms with van der Waals surface area (Å²) in [6.45, 7) is 2.97. The monoisotopic (exact) mass is 374 g/mol. The first-order valence-electron chi connectivity index (χ1n) is 8.05. The molecule has 0 saturated carbocycles. The molecule has 0 radical (unpaired) electrons. The van der Waals surface area contributed by atoms with E-state index in [-0.39, 0.29) is 23.8 Å². The number of anilines is 1. The summed E-state index contributed by atoms with van der Waals surface area (Å²) in [7, 11) is 0. The molecule has 1 aromatic rings. The van der Waals surface area contributed by atoms with Crippen LogP contribution in [0.2, 0.25) is 0 Å². The average Bonchev–Trinajstić information content (AvgIpc) is 2.38. The van der Waals surface area contributed by atoms with Gasteiger partial charge >= 0.3 is 12.7 Å². The first kappa shape index (κ1) is 19.9. The van der Waals surface area contributed by atoms with Gasteiger partial charge in [0.1, 0.15) is 17.2 Å². The summed E-state index contributed by atoms with van der Waals surface area (Å²) in [5.74, 6) is -1.64. The van der Waals surface area contributed by atoms with E-state index in [1.807, 2.05) is 0 Å². The van der Waals surface area contributed by atoms with Crippen molar-refractivity contribution in [2.75, 3.05) is 18.4 Å². The summed E-state index contributed by atoms with van der Waals surface area (Å²) in [6.07, 6.45) is -0.325. The number of hydrogen-bond acceptors (Lipinski definition) is 4. The Morgan fingerprint density at radius 2 is 1.92 bits per heavy atom. The number of amides is 2. The van der Waals surface area contributed by atoms with Gasteiger partial charge in [-0.3, -0.25) is 4.79 Å². The first-order valence-corrected chi connectivity index (χ1v) is 8.05. The summed E-state index contributed by atoms with van der Waals surface area (Å²) in [6, 6.07) is 2.91. The van der Waals surface area contributed by atoms with Crippen LogP contribution in [-0.4, -0.2) is 42.2 Å². The number of alkyl halides is 2. The van der Waals surface area contributed by atoms with E-state index in [0.717, 1.165) is 18.2 Å². The minimum Gasteiger partial charge on any atom is -0.444 e. The molecule has 6 nitrogen and oxygen atoms in total. The molecule has 1 aromatic carbocycles. The standard InChI is InChI=1S/C17H21F3N2O4/c1-17(2,3)26-16(24)22-8-10(9-22)4-14(23)21-12-5-11(18)6-13(7-12)25-15(19)20/h5-7,10,15H,4,8-9H2,1-3H3,(H,21,23). The molecule has 1 saturated heterocycles. The number of rotatable bonds is 5. The number of ether oxygens (including phenoxy) is 2. The van der Waals surface area contributed by atoms with Crippen molar-refractivity contribution in [1.29, 1.82) is 0 Å². The van der Waals surface area contributed by atoms with Crippen molar-refractivity contribution in [1.82, 2.24) is 4.90 Å². The van der Waals surface area contributed by atoms with Gasteiger partial charge in [-0.25, -0.2) is 9.18 Å². The van der Waals surface area contributed by atoms with Gasteiger partial charge in [-0.1, -0.05) is 0 Å². The zero-order valence-electron chi connectivity index (χ0n) is 14.7. The third kappa shape index (κ3) is 6.12. The lowest BCUT2D eigenvalue weighted by Gasteiger charge is -2.39. The minimum absolute atomic E-state index is 0.0222. The fourth-order valence-electron chi connectivity index (χ4n) is 2.45. The van der Waals surface area contributed by atoms with Crippen LogP contribution in [0.25, 0.3) is 0 Å². The number of nitrogens with one attached hydrogen (secondary N) is 1. The lowest BCUT2D eigenvalue weighted by atomic mass is 9.96. The third-order valence-electron chi connectivity index (χ3n) is 3.46. The van der Waals surface area contributed by atoms with Crippen molar-refractivity contribution >= 4 is 17.7 Å². The largest absolute Gasteiger partial charge is 0.444 e. The molecule has 0 aromatic heterocycles. The van der Waals surface area contributed by atoms with Crippen molar-refractivity contribution in [3.8, 4) is 5.75 Å². The molecule has 0 aliphatic carbocycles. The van der Waals surface area contributed by atoms with Gasteiger partial charge in [0, 0.05) is 43.2 Å². The highest BCUT2D eigenvalue weighted by atomic mass is 19.3. The quantitative estimate of drug-likeness (QED) is 0.855. The molecule has 9 heteroatoms. The van der Waals surface area contributed by atoms with Crippen molar-refractivity contribution in [3.05, 3.63) is 24.0 Å². The summed E-state index contributed by atoms with van der Waals surface area (Å²) < 4.78 is 47.2. The number of halogens is 3. The SMILES string of the molecule is CC(C)(C)OC(=O)N1CC(CC(=O)Nc2cc(F)cc(OC(F)F)c2)C1. The second-order valence-corrected chi connectivity index (χ2v) is 7.06. The van der Waals surface area contributed by atoms with E-state index in [2.05, 4.69) is 10.1 Å². The Morgan fingerprint density at radius 3 is 2.50 bits per heavy atom. The van der Waals surface area contributed by atoms with Gasteiger partial charge < -0.3 is 19.7 Å². The topological polar surface area (TPSA) is 67.9 Å². The van der Waals surface area contributed by atoms with Gasteiger partial charge in [-0.2, -0.15) is 8.78 Å². The number of likely N-dealkylation sites (tertiary alicyclic amines) is 1. The van der Waals surface area contributed by atoms with Crippen molar-refractivity contribution < 1.29 is 32.2 Å². The third-order valence-corrected chi connectivity index (χ3v) is 3.46. The second kappa shape index (κ2) is 7.84. The van der Waals surface area contributed by atoms with Gasteiger partial charge in [-0.05, 0) is 26.8 Å². The number of benzene rings is 1. The fourth-order valence-corrected chi connectivity index (χ4v) is 2.45. The van der Waals surface area contributed by atoms with Crippen LogP contribution in [0.3, 0.4) is 0 Å². The van der Waals surface area contributed by atoms with Crippen LogP contribution in [-0.2, 0) is 9.53 Å². The summed E-state index contributed by atoms with van der Waals surface area (Å²) in [5, 5.41) is 2.44. The van der Waals surface area contributed by atoms with E-state index >= 15 is 0 Å². The van der Waals surface area contributed by atoms with Crippen LogP contribution < -0.4 is 10.1 Å². The van der Waals surface area contributed by atoms with E-state index in [1.165, 1.54) is 4.90 Å². The number of hydrogen-bond donors (Lipinski definition) is 1. The molecule has 144 valence electrons. The van der Waals surface area contributed by atoms with Crippen molar-refractivity contribution in [2.45, 2.75) is 39.4 Å². The van der Waals surface area contributed by atoms with Gasteiger partial charge in [0.2, 0.25) is 5.91 Å². The number of nitrogens with zero attached hydrogens (tertiary/aromatic N) is 1. The van der Waals surface area contributed by atoms with E-state index < -0.39 is 30.0 Å². The predicted molar refractivity (Wildman–Crippen MR) is 87.6 cm³/mol. The molecule has 2 rings (SSSR count). The van der Waals surface area contributed by atoms with Crippen molar-refractivity contribution in [3.63, 3.8) is 0 Å². The minimum atomic E-state index is -3.09. The van der Waals surface area contributed by atoms with Gasteiger partial charge in [-0.15, -0.1) is 0 Å². The molecule has 1 N–H and O–H groups in total. The van der Waals surface area contributed by atoms with Gasteiger partial charge in [0.15, 0.2) is 0 Å². The van der Waals surface area contributed by atoms with E-state index in [9.17, 15) is 22.8 Å². The Hall–Kier alpha value is -2.45. The Balaban J connectivity index is 1.82. The molecule has 1 aliphatic rings. The van der Waals surface area contributed by atoms with Crippen LogP contribution in [0.1, 0.15) is 27.2 Å². The molecule has 1 aliphatic heterocycles. The molecule has 1 heterocycles. The van der Waals surface area contributed by atoms with Crippen LogP contribution in [0, 0.1) is 11.7 Å². The Bertz CT molecular complexity index is 670. The lowest BCUT2D eigenvalue weighted by Crippen LogP contribution is -2.52. The van der Waals surface area contributed by atoms with Crippen molar-refractivity contribution in [2.24, 2.45) is 5.92 Å². The van der Waals surface area contributed by atoms with Crippen LogP contribution in [0.4, 0.5) is 23.7 Å². The number of carbonyl (C=O) groups excluding carboxylic acids is 2. The highest BCUT2D eigenvalue weighted by molar-refractivity contribution is 5.91. The highest BCUT2D eigenvalue weighted by Crippen LogP contribution is 2.25. The molecule has 0 unspecified atom stereocenters. The average molecular weight is 374 g/mol. The number of carbonyl (C=O) groups is 2. The normalized spacial score (nSPS) is 14.8. The molecular weight excluding hydrogens is 353 g/mol.